The third-order valence-corrected chi connectivity index (χ3v) is 3.21. The maximum Gasteiger partial charge on any atom is 0.257 e. The Morgan fingerprint density at radius 1 is 1.23 bits per heavy atom. The van der Waals surface area contributed by atoms with Crippen LogP contribution in [-0.4, -0.2) is 31.2 Å². The van der Waals surface area contributed by atoms with Gasteiger partial charge in [0, 0.05) is 37.2 Å². The molecule has 0 aliphatic heterocycles. The SMILES string of the molecule is COCCCNc1ccc(C(=O)Nc2ccc(Cl)cc2)cn1. The van der Waals surface area contributed by atoms with Gasteiger partial charge in [-0.3, -0.25) is 4.79 Å². The fraction of sp³-hybridized carbons (Fsp3) is 0.250. The van der Waals surface area contributed by atoms with Crippen molar-refractivity contribution in [1.29, 1.82) is 0 Å². The van der Waals surface area contributed by atoms with Crippen LogP contribution in [0.3, 0.4) is 0 Å². The summed E-state index contributed by atoms with van der Waals surface area (Å²) in [5, 5.41) is 6.58. The number of halogens is 1. The molecule has 0 fully saturated rings. The number of amides is 1. The highest BCUT2D eigenvalue weighted by Gasteiger charge is 2.06. The van der Waals surface area contributed by atoms with Crippen molar-refractivity contribution in [3.63, 3.8) is 0 Å². The first-order valence-corrected chi connectivity index (χ1v) is 7.32. The third kappa shape index (κ3) is 5.02. The summed E-state index contributed by atoms with van der Waals surface area (Å²) in [6.07, 6.45) is 2.45. The first kappa shape index (κ1) is 16.3. The van der Waals surface area contributed by atoms with Crippen LogP contribution >= 0.6 is 11.6 Å². The minimum Gasteiger partial charge on any atom is -0.385 e. The molecule has 2 N–H and O–H groups in total. The van der Waals surface area contributed by atoms with E-state index in [1.54, 1.807) is 49.7 Å². The summed E-state index contributed by atoms with van der Waals surface area (Å²) in [5.74, 6) is 0.528. The number of hydrogen-bond donors (Lipinski definition) is 2. The lowest BCUT2D eigenvalue weighted by Crippen LogP contribution is -2.12. The summed E-state index contributed by atoms with van der Waals surface area (Å²) in [4.78, 5) is 16.3. The summed E-state index contributed by atoms with van der Waals surface area (Å²) in [7, 11) is 1.67. The van der Waals surface area contributed by atoms with Crippen molar-refractivity contribution in [2.75, 3.05) is 30.9 Å². The monoisotopic (exact) mass is 319 g/mol. The van der Waals surface area contributed by atoms with Gasteiger partial charge in [-0.1, -0.05) is 11.6 Å². The molecule has 116 valence electrons. The first-order chi connectivity index (χ1) is 10.7. The predicted molar refractivity (Wildman–Crippen MR) is 88.6 cm³/mol. The zero-order valence-electron chi connectivity index (χ0n) is 12.3. The van der Waals surface area contributed by atoms with Crippen molar-refractivity contribution >= 4 is 29.0 Å². The van der Waals surface area contributed by atoms with Crippen LogP contribution < -0.4 is 10.6 Å². The summed E-state index contributed by atoms with van der Waals surface area (Å²) in [6, 6.07) is 10.5. The third-order valence-electron chi connectivity index (χ3n) is 2.96. The summed E-state index contributed by atoms with van der Waals surface area (Å²) in [5.41, 5.74) is 1.19. The smallest absolute Gasteiger partial charge is 0.257 e. The molecule has 0 bridgehead atoms. The number of benzene rings is 1. The lowest BCUT2D eigenvalue weighted by atomic mass is 10.2. The second-order valence-electron chi connectivity index (χ2n) is 4.67. The maximum absolute atomic E-state index is 12.1. The molecular weight excluding hydrogens is 302 g/mol. The van der Waals surface area contributed by atoms with Gasteiger partial charge in [0.25, 0.3) is 5.91 Å². The highest BCUT2D eigenvalue weighted by molar-refractivity contribution is 6.30. The van der Waals surface area contributed by atoms with Crippen molar-refractivity contribution in [1.82, 2.24) is 4.98 Å². The number of hydrogen-bond acceptors (Lipinski definition) is 4. The summed E-state index contributed by atoms with van der Waals surface area (Å²) in [6.45, 7) is 1.48. The number of methoxy groups -OCH3 is 1. The molecule has 0 spiro atoms. The van der Waals surface area contributed by atoms with Crippen LogP contribution in [0, 0.1) is 0 Å². The topological polar surface area (TPSA) is 63.2 Å². The summed E-state index contributed by atoms with van der Waals surface area (Å²) < 4.78 is 4.97. The molecule has 2 aromatic rings. The van der Waals surface area contributed by atoms with E-state index >= 15 is 0 Å². The normalized spacial score (nSPS) is 10.3. The molecule has 0 unspecified atom stereocenters. The van der Waals surface area contributed by atoms with Gasteiger partial charge in [-0.05, 0) is 42.8 Å². The van der Waals surface area contributed by atoms with Crippen LogP contribution in [0.4, 0.5) is 11.5 Å². The van der Waals surface area contributed by atoms with E-state index in [0.29, 0.717) is 22.9 Å². The highest BCUT2D eigenvalue weighted by atomic mass is 35.5. The number of rotatable bonds is 7. The van der Waals surface area contributed by atoms with E-state index in [2.05, 4.69) is 15.6 Å². The Morgan fingerprint density at radius 3 is 2.64 bits per heavy atom. The molecule has 1 aromatic carbocycles. The average molecular weight is 320 g/mol. The van der Waals surface area contributed by atoms with E-state index < -0.39 is 0 Å². The van der Waals surface area contributed by atoms with Gasteiger partial charge in [-0.15, -0.1) is 0 Å². The number of aromatic nitrogens is 1. The largest absolute Gasteiger partial charge is 0.385 e. The van der Waals surface area contributed by atoms with Crippen LogP contribution in [-0.2, 0) is 4.74 Å². The zero-order chi connectivity index (χ0) is 15.8. The van der Waals surface area contributed by atoms with E-state index in [9.17, 15) is 4.79 Å². The van der Waals surface area contributed by atoms with Gasteiger partial charge in [0.05, 0.1) is 5.56 Å². The van der Waals surface area contributed by atoms with Crippen LogP contribution in [0.1, 0.15) is 16.8 Å². The van der Waals surface area contributed by atoms with Crippen molar-refractivity contribution in [3.05, 3.63) is 53.2 Å². The van der Waals surface area contributed by atoms with Crippen molar-refractivity contribution in [2.45, 2.75) is 6.42 Å². The van der Waals surface area contributed by atoms with Gasteiger partial charge < -0.3 is 15.4 Å². The minimum atomic E-state index is -0.208. The molecule has 0 atom stereocenters. The number of carbonyl (C=O) groups excluding carboxylic acids is 1. The maximum atomic E-state index is 12.1. The lowest BCUT2D eigenvalue weighted by Gasteiger charge is -2.07. The fourth-order valence-electron chi connectivity index (χ4n) is 1.80. The zero-order valence-corrected chi connectivity index (χ0v) is 13.1. The highest BCUT2D eigenvalue weighted by Crippen LogP contribution is 2.14. The number of nitrogens with one attached hydrogen (secondary N) is 2. The Balaban J connectivity index is 1.89. The van der Waals surface area contributed by atoms with Crippen LogP contribution in [0.25, 0.3) is 0 Å². The van der Waals surface area contributed by atoms with Gasteiger partial charge in [0.2, 0.25) is 0 Å². The molecule has 0 radical (unpaired) electrons. The quantitative estimate of drug-likeness (QED) is 0.767. The molecule has 1 heterocycles. The molecule has 0 saturated heterocycles. The molecule has 1 aromatic heterocycles. The number of anilines is 2. The number of ether oxygens (including phenoxy) is 1. The van der Waals surface area contributed by atoms with Crippen molar-refractivity contribution in [3.8, 4) is 0 Å². The van der Waals surface area contributed by atoms with Gasteiger partial charge >= 0.3 is 0 Å². The Kier molecular flexibility index (Phi) is 6.18. The average Bonchev–Trinajstić information content (AvgIpc) is 2.54. The Bertz CT molecular complexity index is 600. The van der Waals surface area contributed by atoms with Crippen LogP contribution in [0.2, 0.25) is 5.02 Å². The first-order valence-electron chi connectivity index (χ1n) is 6.95. The van der Waals surface area contributed by atoms with Gasteiger partial charge in [0.15, 0.2) is 0 Å². The Hall–Kier alpha value is -2.11. The fourth-order valence-corrected chi connectivity index (χ4v) is 1.93. The molecule has 6 heteroatoms. The number of pyridine rings is 1. The van der Waals surface area contributed by atoms with Gasteiger partial charge in [0.1, 0.15) is 5.82 Å². The molecule has 0 aliphatic rings. The van der Waals surface area contributed by atoms with Gasteiger partial charge in [-0.25, -0.2) is 4.98 Å². The molecule has 22 heavy (non-hydrogen) atoms. The van der Waals surface area contributed by atoms with Crippen LogP contribution in [0.15, 0.2) is 42.6 Å². The lowest BCUT2D eigenvalue weighted by molar-refractivity contribution is 0.102. The number of nitrogens with zero attached hydrogens (tertiary/aromatic N) is 1. The van der Waals surface area contributed by atoms with E-state index in [1.807, 2.05) is 0 Å². The second kappa shape index (κ2) is 8.36. The van der Waals surface area contributed by atoms with Crippen molar-refractivity contribution < 1.29 is 9.53 Å². The molecule has 1 amide bonds. The van der Waals surface area contributed by atoms with Crippen molar-refractivity contribution in [2.24, 2.45) is 0 Å². The molecule has 5 nitrogen and oxygen atoms in total. The summed E-state index contributed by atoms with van der Waals surface area (Å²) >= 11 is 5.81. The standard InChI is InChI=1S/C16H18ClN3O2/c1-22-10-2-9-18-15-8-3-12(11-19-15)16(21)20-14-6-4-13(17)5-7-14/h3-8,11H,2,9-10H2,1H3,(H,18,19)(H,20,21). The number of carbonyl (C=O) groups is 1. The van der Waals surface area contributed by atoms with E-state index in [1.165, 1.54) is 0 Å². The molecular formula is C16H18ClN3O2. The minimum absolute atomic E-state index is 0.208. The Morgan fingerprint density at radius 2 is 2.00 bits per heavy atom. The predicted octanol–water partition coefficient (Wildman–Crippen LogP) is 3.44. The van der Waals surface area contributed by atoms with Gasteiger partial charge in [-0.2, -0.15) is 0 Å². The molecule has 2 rings (SSSR count). The Labute approximate surface area is 134 Å². The van der Waals surface area contributed by atoms with Crippen LogP contribution in [0.5, 0.6) is 0 Å². The van der Waals surface area contributed by atoms with E-state index in [-0.39, 0.29) is 5.91 Å². The molecule has 0 aliphatic carbocycles. The second-order valence-corrected chi connectivity index (χ2v) is 5.10. The molecule has 0 saturated carbocycles. The van der Waals surface area contributed by atoms with E-state index in [0.717, 1.165) is 18.8 Å². The van der Waals surface area contributed by atoms with E-state index in [4.69, 9.17) is 16.3 Å².